The van der Waals surface area contributed by atoms with Gasteiger partial charge in [0.1, 0.15) is 11.5 Å². The Balaban J connectivity index is 2.57. The van der Waals surface area contributed by atoms with Crippen LogP contribution in [-0.4, -0.2) is 11.1 Å². The minimum atomic E-state index is -0.402. The second-order valence-electron chi connectivity index (χ2n) is 9.54. The van der Waals surface area contributed by atoms with Gasteiger partial charge in [-0.2, -0.15) is 0 Å². The van der Waals surface area contributed by atoms with E-state index >= 15 is 0 Å². The summed E-state index contributed by atoms with van der Waals surface area (Å²) in [7, 11) is 0. The molecule has 2 aromatic rings. The Morgan fingerprint density at radius 3 is 1.59 bits per heavy atom. The van der Waals surface area contributed by atoms with Gasteiger partial charge < -0.3 is 9.84 Å². The molecular weight excluding hydrogens is 336 g/mol. The summed E-state index contributed by atoms with van der Waals surface area (Å²) in [6, 6.07) is 7.53. The molecule has 3 nitrogen and oxygen atoms in total. The summed E-state index contributed by atoms with van der Waals surface area (Å²) >= 11 is 0. The quantitative estimate of drug-likeness (QED) is 0.512. The standard InChI is InChI=1S/C24H32O3/c1-14-10-15(2)21(16(3)11-14)27-22(26)17-12-18(23(4,5)6)20(25)19(13-17)24(7,8)9/h10-13,25H,1-9H3. The lowest BCUT2D eigenvalue weighted by atomic mass is 9.78. The maximum Gasteiger partial charge on any atom is 0.343 e. The molecular formula is C24H32O3. The van der Waals surface area contributed by atoms with Gasteiger partial charge in [0.15, 0.2) is 0 Å². The predicted octanol–water partition coefficient (Wildman–Crippen LogP) is 6.13. The van der Waals surface area contributed by atoms with Gasteiger partial charge in [0.2, 0.25) is 0 Å². The number of hydrogen-bond acceptors (Lipinski definition) is 3. The zero-order valence-corrected chi connectivity index (χ0v) is 18.1. The third-order valence-electron chi connectivity index (χ3n) is 4.76. The lowest BCUT2D eigenvalue weighted by Crippen LogP contribution is -2.20. The molecule has 146 valence electrons. The van der Waals surface area contributed by atoms with Gasteiger partial charge in [-0.1, -0.05) is 59.2 Å². The highest BCUT2D eigenvalue weighted by Gasteiger charge is 2.28. The van der Waals surface area contributed by atoms with Crippen molar-refractivity contribution >= 4 is 5.97 Å². The van der Waals surface area contributed by atoms with E-state index in [0.717, 1.165) is 27.8 Å². The zero-order valence-electron chi connectivity index (χ0n) is 18.1. The third kappa shape index (κ3) is 4.52. The van der Waals surface area contributed by atoms with E-state index in [1.807, 2.05) is 74.4 Å². The Kier molecular flexibility index (Phi) is 5.47. The number of benzene rings is 2. The largest absolute Gasteiger partial charge is 0.507 e. The molecule has 0 radical (unpaired) electrons. The summed E-state index contributed by atoms with van der Waals surface area (Å²) in [5, 5.41) is 10.8. The lowest BCUT2D eigenvalue weighted by Gasteiger charge is -2.28. The number of rotatable bonds is 2. The Morgan fingerprint density at radius 2 is 1.22 bits per heavy atom. The smallest absolute Gasteiger partial charge is 0.343 e. The van der Waals surface area contributed by atoms with Crippen molar-refractivity contribution in [2.75, 3.05) is 0 Å². The maximum absolute atomic E-state index is 13.0. The molecule has 27 heavy (non-hydrogen) atoms. The molecule has 0 heterocycles. The minimum absolute atomic E-state index is 0.259. The highest BCUT2D eigenvalue weighted by atomic mass is 16.5. The molecule has 0 aromatic heterocycles. The van der Waals surface area contributed by atoms with E-state index in [-0.39, 0.29) is 16.6 Å². The fourth-order valence-electron chi connectivity index (χ4n) is 3.38. The highest BCUT2D eigenvalue weighted by Crippen LogP contribution is 2.40. The van der Waals surface area contributed by atoms with Crippen LogP contribution in [0.3, 0.4) is 0 Å². The Bertz CT molecular complexity index is 819. The number of phenolic OH excluding ortho intramolecular Hbond substituents is 1. The summed E-state index contributed by atoms with van der Waals surface area (Å²) in [6.45, 7) is 18.1. The molecule has 0 aliphatic carbocycles. The first-order valence-electron chi connectivity index (χ1n) is 9.40. The summed E-state index contributed by atoms with van der Waals surface area (Å²) < 4.78 is 5.77. The SMILES string of the molecule is Cc1cc(C)c(OC(=O)c2cc(C(C)(C)C)c(O)c(C(C)(C)C)c2)c(C)c1. The first-order chi connectivity index (χ1) is 12.2. The lowest BCUT2D eigenvalue weighted by molar-refractivity contribution is 0.0732. The summed E-state index contributed by atoms with van der Waals surface area (Å²) in [6.07, 6.45) is 0. The van der Waals surface area contributed by atoms with Gasteiger partial charge in [-0.25, -0.2) is 4.79 Å². The molecule has 0 unspecified atom stereocenters. The molecule has 0 amide bonds. The third-order valence-corrected chi connectivity index (χ3v) is 4.76. The van der Waals surface area contributed by atoms with Crippen molar-refractivity contribution in [2.45, 2.75) is 73.1 Å². The number of phenols is 1. The van der Waals surface area contributed by atoms with Crippen LogP contribution in [0.5, 0.6) is 11.5 Å². The molecule has 0 bridgehead atoms. The van der Waals surface area contributed by atoms with Crippen LogP contribution in [0.25, 0.3) is 0 Å². The average molecular weight is 369 g/mol. The van der Waals surface area contributed by atoms with Gasteiger partial charge >= 0.3 is 5.97 Å². The molecule has 0 fully saturated rings. The van der Waals surface area contributed by atoms with Gasteiger partial charge in [-0.05, 0) is 54.9 Å². The second-order valence-corrected chi connectivity index (χ2v) is 9.54. The first-order valence-corrected chi connectivity index (χ1v) is 9.40. The topological polar surface area (TPSA) is 46.5 Å². The molecule has 0 spiro atoms. The summed E-state index contributed by atoms with van der Waals surface area (Å²) in [5.41, 5.74) is 4.38. The van der Waals surface area contributed by atoms with E-state index in [1.54, 1.807) is 12.1 Å². The van der Waals surface area contributed by atoms with Crippen molar-refractivity contribution in [3.05, 3.63) is 57.6 Å². The number of aromatic hydroxyl groups is 1. The fraction of sp³-hybridized carbons (Fsp3) is 0.458. The van der Waals surface area contributed by atoms with Crippen molar-refractivity contribution in [2.24, 2.45) is 0 Å². The van der Waals surface area contributed by atoms with Crippen LogP contribution in [0.4, 0.5) is 0 Å². The molecule has 0 atom stereocenters. The van der Waals surface area contributed by atoms with Crippen molar-refractivity contribution in [1.29, 1.82) is 0 Å². The number of carbonyl (C=O) groups excluding carboxylic acids is 1. The van der Waals surface area contributed by atoms with Crippen LogP contribution in [0.2, 0.25) is 0 Å². The molecule has 0 saturated carbocycles. The summed E-state index contributed by atoms with van der Waals surface area (Å²) in [5.74, 6) is 0.462. The van der Waals surface area contributed by atoms with Crippen LogP contribution >= 0.6 is 0 Å². The van der Waals surface area contributed by atoms with Crippen molar-refractivity contribution in [3.63, 3.8) is 0 Å². The number of esters is 1. The molecule has 2 rings (SSSR count). The summed E-state index contributed by atoms with van der Waals surface area (Å²) in [4.78, 5) is 13.0. The van der Waals surface area contributed by atoms with Crippen molar-refractivity contribution in [1.82, 2.24) is 0 Å². The zero-order chi connectivity index (χ0) is 20.7. The van der Waals surface area contributed by atoms with Gasteiger partial charge in [0.05, 0.1) is 5.56 Å². The average Bonchev–Trinajstić information content (AvgIpc) is 2.48. The monoisotopic (exact) mass is 368 g/mol. The van der Waals surface area contributed by atoms with Crippen molar-refractivity contribution < 1.29 is 14.6 Å². The number of carbonyl (C=O) groups is 1. The van der Waals surface area contributed by atoms with Crippen LogP contribution in [0.15, 0.2) is 24.3 Å². The van der Waals surface area contributed by atoms with E-state index < -0.39 is 5.97 Å². The van der Waals surface area contributed by atoms with E-state index in [2.05, 4.69) is 0 Å². The highest BCUT2D eigenvalue weighted by molar-refractivity contribution is 5.92. The number of aryl methyl sites for hydroxylation is 3. The molecule has 1 N–H and O–H groups in total. The predicted molar refractivity (Wildman–Crippen MR) is 111 cm³/mol. The number of hydrogen-bond donors (Lipinski definition) is 1. The molecule has 2 aromatic carbocycles. The molecule has 0 saturated heterocycles. The molecule has 0 aliphatic rings. The van der Waals surface area contributed by atoms with E-state index in [1.165, 1.54) is 0 Å². The van der Waals surface area contributed by atoms with Gasteiger partial charge in [-0.3, -0.25) is 0 Å². The molecule has 3 heteroatoms. The van der Waals surface area contributed by atoms with Gasteiger partial charge in [0.25, 0.3) is 0 Å². The van der Waals surface area contributed by atoms with Gasteiger partial charge in [0, 0.05) is 11.1 Å². The Labute approximate surface area is 163 Å². The van der Waals surface area contributed by atoms with E-state index in [0.29, 0.717) is 11.3 Å². The van der Waals surface area contributed by atoms with Crippen LogP contribution in [0, 0.1) is 20.8 Å². The Hall–Kier alpha value is -2.29. The van der Waals surface area contributed by atoms with E-state index in [9.17, 15) is 9.90 Å². The first kappa shape index (κ1) is 21.0. The van der Waals surface area contributed by atoms with Crippen LogP contribution in [0.1, 0.15) is 79.7 Å². The Morgan fingerprint density at radius 1 is 0.815 bits per heavy atom. The normalized spacial score (nSPS) is 12.2. The maximum atomic E-state index is 13.0. The second kappa shape index (κ2) is 7.03. The number of ether oxygens (including phenoxy) is 1. The van der Waals surface area contributed by atoms with Crippen LogP contribution < -0.4 is 4.74 Å². The van der Waals surface area contributed by atoms with Crippen LogP contribution in [-0.2, 0) is 10.8 Å². The van der Waals surface area contributed by atoms with Crippen molar-refractivity contribution in [3.8, 4) is 11.5 Å². The van der Waals surface area contributed by atoms with Gasteiger partial charge in [-0.15, -0.1) is 0 Å². The van der Waals surface area contributed by atoms with E-state index in [4.69, 9.17) is 4.74 Å². The minimum Gasteiger partial charge on any atom is -0.507 e. The molecule has 0 aliphatic heterocycles. The fourth-order valence-corrected chi connectivity index (χ4v) is 3.38.